The molecule has 0 amide bonds. The topological polar surface area (TPSA) is 57.6 Å². The first kappa shape index (κ1) is 13.8. The van der Waals surface area contributed by atoms with Crippen LogP contribution in [0.25, 0.3) is 0 Å². The van der Waals surface area contributed by atoms with E-state index in [0.717, 1.165) is 12.0 Å². The largest absolute Gasteiger partial charge is 0.392 e. The van der Waals surface area contributed by atoms with Crippen LogP contribution in [0, 0.1) is 0 Å². The molecule has 0 spiro atoms. The summed E-state index contributed by atoms with van der Waals surface area (Å²) in [6.07, 6.45) is 0.684. The van der Waals surface area contributed by atoms with Crippen molar-refractivity contribution in [1.29, 1.82) is 0 Å². The maximum absolute atomic E-state index is 12.2. The van der Waals surface area contributed by atoms with Crippen LogP contribution in [-0.2, 0) is 16.4 Å². The van der Waals surface area contributed by atoms with Crippen LogP contribution in [0.5, 0.6) is 0 Å². The van der Waals surface area contributed by atoms with Crippen molar-refractivity contribution in [3.8, 4) is 0 Å². The maximum atomic E-state index is 12.2. The van der Waals surface area contributed by atoms with Crippen LogP contribution in [0.15, 0.2) is 29.2 Å². The lowest BCUT2D eigenvalue weighted by atomic mass is 10.2. The van der Waals surface area contributed by atoms with Crippen LogP contribution in [0.4, 0.5) is 0 Å². The Labute approximate surface area is 112 Å². The summed E-state index contributed by atoms with van der Waals surface area (Å²) in [6.45, 7) is 0.568. The van der Waals surface area contributed by atoms with Gasteiger partial charge in [-0.05, 0) is 30.5 Å². The Morgan fingerprint density at radius 2 is 2.00 bits per heavy atom. The highest BCUT2D eigenvalue weighted by molar-refractivity contribution is 7.89. The Kier molecular flexibility index (Phi) is 4.27. The van der Waals surface area contributed by atoms with Crippen LogP contribution < -0.4 is 0 Å². The number of nitrogens with zero attached hydrogens (tertiary/aromatic N) is 1. The fourth-order valence-electron chi connectivity index (χ4n) is 2.02. The molecule has 1 fully saturated rings. The normalized spacial score (nSPS) is 21.3. The molecule has 1 atom stereocenters. The van der Waals surface area contributed by atoms with E-state index in [2.05, 4.69) is 0 Å². The zero-order valence-corrected chi connectivity index (χ0v) is 11.5. The number of rotatable bonds is 4. The van der Waals surface area contributed by atoms with Crippen LogP contribution in [0.2, 0.25) is 0 Å². The lowest BCUT2D eigenvalue weighted by molar-refractivity contribution is 0.189. The van der Waals surface area contributed by atoms with Gasteiger partial charge in [-0.15, -0.1) is 11.6 Å². The molecule has 0 aromatic heterocycles. The van der Waals surface area contributed by atoms with E-state index in [0.29, 0.717) is 18.8 Å². The minimum atomic E-state index is -3.46. The summed E-state index contributed by atoms with van der Waals surface area (Å²) < 4.78 is 25.8. The van der Waals surface area contributed by atoms with Crippen molar-refractivity contribution < 1.29 is 13.5 Å². The van der Waals surface area contributed by atoms with E-state index in [-0.39, 0.29) is 11.4 Å². The van der Waals surface area contributed by atoms with Crippen molar-refractivity contribution in [2.24, 2.45) is 0 Å². The second kappa shape index (κ2) is 5.57. The average molecular weight is 290 g/mol. The first-order chi connectivity index (χ1) is 8.54. The van der Waals surface area contributed by atoms with E-state index in [4.69, 9.17) is 11.6 Å². The first-order valence-electron chi connectivity index (χ1n) is 5.87. The number of β-amino-alcohol motifs (C(OH)–C–C–N with tert-alkyl or cyclic N) is 1. The molecule has 6 heteroatoms. The Morgan fingerprint density at radius 3 is 2.50 bits per heavy atom. The van der Waals surface area contributed by atoms with Crippen LogP contribution in [-0.4, -0.2) is 42.9 Å². The summed E-state index contributed by atoms with van der Waals surface area (Å²) in [7, 11) is -3.46. The fourth-order valence-corrected chi connectivity index (χ4v) is 3.73. The SMILES string of the molecule is O=S(=O)(c1ccc(CCCl)cc1)N1CCC(O)C1. The molecule has 1 aliphatic rings. The van der Waals surface area contributed by atoms with Gasteiger partial charge in [-0.25, -0.2) is 8.42 Å². The fraction of sp³-hybridized carbons (Fsp3) is 0.500. The van der Waals surface area contributed by atoms with Gasteiger partial charge in [0.15, 0.2) is 0 Å². The molecule has 1 N–H and O–H groups in total. The van der Waals surface area contributed by atoms with E-state index in [1.165, 1.54) is 4.31 Å². The minimum Gasteiger partial charge on any atom is -0.392 e. The molecule has 18 heavy (non-hydrogen) atoms. The van der Waals surface area contributed by atoms with Crippen LogP contribution in [0.3, 0.4) is 0 Å². The van der Waals surface area contributed by atoms with Crippen molar-refractivity contribution in [2.45, 2.75) is 23.8 Å². The molecule has 0 bridgehead atoms. The Bertz CT molecular complexity index is 501. The van der Waals surface area contributed by atoms with Gasteiger partial charge in [0.2, 0.25) is 10.0 Å². The van der Waals surface area contributed by atoms with E-state index >= 15 is 0 Å². The lowest BCUT2D eigenvalue weighted by Gasteiger charge is -2.15. The predicted molar refractivity (Wildman–Crippen MR) is 70.2 cm³/mol. The Balaban J connectivity index is 2.19. The van der Waals surface area contributed by atoms with Crippen molar-refractivity contribution in [2.75, 3.05) is 19.0 Å². The van der Waals surface area contributed by atoms with Crippen LogP contribution >= 0.6 is 11.6 Å². The smallest absolute Gasteiger partial charge is 0.243 e. The van der Waals surface area contributed by atoms with Crippen molar-refractivity contribution in [3.05, 3.63) is 29.8 Å². The van der Waals surface area contributed by atoms with Gasteiger partial charge in [0.25, 0.3) is 0 Å². The molecular formula is C12H16ClNO3S. The second-order valence-corrected chi connectivity index (χ2v) is 6.70. The van der Waals surface area contributed by atoms with Crippen LogP contribution in [0.1, 0.15) is 12.0 Å². The predicted octanol–water partition coefficient (Wildman–Crippen LogP) is 1.22. The summed E-state index contributed by atoms with van der Waals surface area (Å²) in [5, 5.41) is 9.40. The number of hydrogen-bond donors (Lipinski definition) is 1. The third-order valence-corrected chi connectivity index (χ3v) is 5.14. The first-order valence-corrected chi connectivity index (χ1v) is 7.84. The summed E-state index contributed by atoms with van der Waals surface area (Å²) in [6, 6.07) is 6.76. The highest BCUT2D eigenvalue weighted by Crippen LogP contribution is 2.21. The summed E-state index contributed by atoms with van der Waals surface area (Å²) in [4.78, 5) is 0.273. The minimum absolute atomic E-state index is 0.186. The van der Waals surface area contributed by atoms with E-state index in [9.17, 15) is 13.5 Å². The van der Waals surface area contributed by atoms with E-state index < -0.39 is 16.1 Å². The van der Waals surface area contributed by atoms with Gasteiger partial charge in [0.05, 0.1) is 11.0 Å². The molecule has 2 rings (SSSR count). The zero-order chi connectivity index (χ0) is 13.2. The van der Waals surface area contributed by atoms with Gasteiger partial charge in [0.1, 0.15) is 0 Å². The van der Waals surface area contributed by atoms with E-state index in [1.807, 2.05) is 0 Å². The molecule has 1 saturated heterocycles. The van der Waals surface area contributed by atoms with E-state index in [1.54, 1.807) is 24.3 Å². The number of hydrogen-bond acceptors (Lipinski definition) is 3. The standard InChI is InChI=1S/C12H16ClNO3S/c13-7-5-10-1-3-12(4-2-10)18(16,17)14-8-6-11(15)9-14/h1-4,11,15H,5-9H2. The quantitative estimate of drug-likeness (QED) is 0.848. The molecule has 100 valence electrons. The highest BCUT2D eigenvalue weighted by Gasteiger charge is 2.31. The Morgan fingerprint density at radius 1 is 1.33 bits per heavy atom. The number of benzene rings is 1. The molecular weight excluding hydrogens is 274 g/mol. The highest BCUT2D eigenvalue weighted by atomic mass is 35.5. The van der Waals surface area contributed by atoms with Crippen molar-refractivity contribution >= 4 is 21.6 Å². The molecule has 0 aliphatic carbocycles. The number of alkyl halides is 1. The zero-order valence-electron chi connectivity index (χ0n) is 9.92. The molecule has 1 aromatic carbocycles. The number of aliphatic hydroxyl groups excluding tert-OH is 1. The summed E-state index contributed by atoms with van der Waals surface area (Å²) >= 11 is 5.63. The number of sulfonamides is 1. The molecule has 4 nitrogen and oxygen atoms in total. The van der Waals surface area contributed by atoms with Crippen molar-refractivity contribution in [1.82, 2.24) is 4.31 Å². The lowest BCUT2D eigenvalue weighted by Crippen LogP contribution is -2.29. The van der Waals surface area contributed by atoms with Crippen molar-refractivity contribution in [3.63, 3.8) is 0 Å². The third kappa shape index (κ3) is 2.85. The van der Waals surface area contributed by atoms with Gasteiger partial charge in [0, 0.05) is 19.0 Å². The third-order valence-electron chi connectivity index (χ3n) is 3.07. The average Bonchev–Trinajstić information content (AvgIpc) is 2.78. The number of aryl methyl sites for hydroxylation is 1. The van der Waals surface area contributed by atoms with Gasteiger partial charge in [-0.2, -0.15) is 4.31 Å². The molecule has 0 saturated carbocycles. The van der Waals surface area contributed by atoms with Gasteiger partial charge >= 0.3 is 0 Å². The second-order valence-electron chi connectivity index (χ2n) is 4.39. The molecule has 0 radical (unpaired) electrons. The molecule has 1 aliphatic heterocycles. The summed E-state index contributed by atoms with van der Waals surface area (Å²) in [5.74, 6) is 0.518. The monoisotopic (exact) mass is 289 g/mol. The van der Waals surface area contributed by atoms with Gasteiger partial charge < -0.3 is 5.11 Å². The van der Waals surface area contributed by atoms with Gasteiger partial charge in [-0.1, -0.05) is 12.1 Å². The molecule has 1 heterocycles. The van der Waals surface area contributed by atoms with Gasteiger partial charge in [-0.3, -0.25) is 0 Å². The number of aliphatic hydroxyl groups is 1. The number of halogens is 1. The molecule has 1 unspecified atom stereocenters. The summed E-state index contributed by atoms with van der Waals surface area (Å²) in [5.41, 5.74) is 1.02. The molecule has 1 aromatic rings. The maximum Gasteiger partial charge on any atom is 0.243 e. The Hall–Kier alpha value is -0.620.